The van der Waals surface area contributed by atoms with Crippen molar-refractivity contribution in [3.8, 4) is 5.75 Å². The third-order valence-electron chi connectivity index (χ3n) is 4.60. The molecule has 4 rings (SSSR count). The molecule has 0 saturated heterocycles. The molecule has 0 atom stereocenters. The number of ether oxygens (including phenoxy) is 1. The van der Waals surface area contributed by atoms with Crippen LogP contribution in [-0.4, -0.2) is 7.11 Å². The molecule has 3 heteroatoms. The fourth-order valence-corrected chi connectivity index (χ4v) is 3.33. The highest BCUT2D eigenvalue weighted by molar-refractivity contribution is 6.42. The number of halogens is 2. The van der Waals surface area contributed by atoms with Crippen molar-refractivity contribution in [3.63, 3.8) is 0 Å². The van der Waals surface area contributed by atoms with Crippen molar-refractivity contribution >= 4 is 52.2 Å². The quantitative estimate of drug-likeness (QED) is 0.294. The number of hydrogen-bond acceptors (Lipinski definition) is 1. The molecule has 0 aliphatic rings. The van der Waals surface area contributed by atoms with Crippen LogP contribution in [0.25, 0.3) is 29.0 Å². The molecule has 0 unspecified atom stereocenters. The number of hydrogen-bond donors (Lipinski definition) is 0. The zero-order valence-corrected chi connectivity index (χ0v) is 19.6. The van der Waals surface area contributed by atoms with E-state index in [1.54, 1.807) is 25.3 Å². The van der Waals surface area contributed by atoms with E-state index in [2.05, 4.69) is 62.2 Å². The van der Waals surface area contributed by atoms with Gasteiger partial charge in [0.15, 0.2) is 0 Å². The standard InChI is InChI=1S/C12H10.C9H10O.C8H6Cl2/c1-2-10-7-5-8-11-6-3-4-9-12(10)11;1-3-8-6-4-5-7-9(8)10-2;1-2-6-4-3-5-7(9)8(6)10/h2-9H,1H2;3-7H,1H2,2H3;2-5H,1H2. The van der Waals surface area contributed by atoms with Crippen molar-refractivity contribution in [2.45, 2.75) is 0 Å². The summed E-state index contributed by atoms with van der Waals surface area (Å²) in [5, 5.41) is 3.68. The largest absolute Gasteiger partial charge is 0.496 e. The van der Waals surface area contributed by atoms with Gasteiger partial charge in [0, 0.05) is 5.56 Å². The lowest BCUT2D eigenvalue weighted by Crippen LogP contribution is -1.84. The SMILES string of the molecule is C=Cc1cccc(Cl)c1Cl.C=Cc1cccc2ccccc12.C=Cc1ccccc1OC. The Hall–Kier alpha value is -3.26. The maximum absolute atomic E-state index is 5.79. The third-order valence-corrected chi connectivity index (χ3v) is 5.44. The Balaban J connectivity index is 0.000000171. The Morgan fingerprint density at radius 3 is 1.78 bits per heavy atom. The van der Waals surface area contributed by atoms with E-state index >= 15 is 0 Å². The highest BCUT2D eigenvalue weighted by Gasteiger charge is 1.98. The van der Waals surface area contributed by atoms with Gasteiger partial charge < -0.3 is 4.74 Å². The van der Waals surface area contributed by atoms with E-state index in [-0.39, 0.29) is 0 Å². The zero-order chi connectivity index (χ0) is 23.3. The molecule has 0 N–H and O–H groups in total. The molecule has 4 aromatic carbocycles. The highest BCUT2D eigenvalue weighted by Crippen LogP contribution is 2.25. The fourth-order valence-electron chi connectivity index (χ4n) is 2.94. The second-order valence-electron chi connectivity index (χ2n) is 6.57. The Morgan fingerprint density at radius 1 is 0.625 bits per heavy atom. The van der Waals surface area contributed by atoms with E-state index in [1.807, 2.05) is 42.5 Å². The van der Waals surface area contributed by atoms with Crippen LogP contribution < -0.4 is 4.74 Å². The molecular weight excluding hydrogens is 435 g/mol. The average molecular weight is 461 g/mol. The molecule has 0 aliphatic heterocycles. The van der Waals surface area contributed by atoms with E-state index in [4.69, 9.17) is 27.9 Å². The van der Waals surface area contributed by atoms with E-state index < -0.39 is 0 Å². The van der Waals surface area contributed by atoms with E-state index in [1.165, 1.54) is 16.3 Å². The molecule has 0 radical (unpaired) electrons. The molecule has 0 fully saturated rings. The molecule has 1 nitrogen and oxygen atoms in total. The Bertz CT molecular complexity index is 1190. The van der Waals surface area contributed by atoms with E-state index in [9.17, 15) is 0 Å². The molecule has 32 heavy (non-hydrogen) atoms. The first-order valence-electron chi connectivity index (χ1n) is 9.97. The molecule has 0 heterocycles. The summed E-state index contributed by atoms with van der Waals surface area (Å²) in [5.74, 6) is 0.873. The molecule has 0 aliphatic carbocycles. The predicted octanol–water partition coefficient (Wildman–Crippen LogP) is 9.46. The summed E-state index contributed by atoms with van der Waals surface area (Å²) in [7, 11) is 1.66. The lowest BCUT2D eigenvalue weighted by atomic mass is 10.1. The van der Waals surface area contributed by atoms with Crippen molar-refractivity contribution in [3.05, 3.63) is 131 Å². The summed E-state index contributed by atoms with van der Waals surface area (Å²) in [6.45, 7) is 11.0. The minimum atomic E-state index is 0.569. The van der Waals surface area contributed by atoms with Gasteiger partial charge in [0.05, 0.1) is 17.2 Å². The predicted molar refractivity (Wildman–Crippen MR) is 144 cm³/mol. The van der Waals surface area contributed by atoms with Crippen molar-refractivity contribution < 1.29 is 4.74 Å². The van der Waals surface area contributed by atoms with Gasteiger partial charge in [-0.15, -0.1) is 0 Å². The van der Waals surface area contributed by atoms with Crippen LogP contribution in [0.5, 0.6) is 5.75 Å². The van der Waals surface area contributed by atoms with Gasteiger partial charge in [0.25, 0.3) is 0 Å². The Kier molecular flexibility index (Phi) is 10.3. The topological polar surface area (TPSA) is 9.23 Å². The molecule has 4 aromatic rings. The maximum Gasteiger partial charge on any atom is 0.126 e. The van der Waals surface area contributed by atoms with Gasteiger partial charge in [-0.2, -0.15) is 0 Å². The highest BCUT2D eigenvalue weighted by atomic mass is 35.5. The van der Waals surface area contributed by atoms with Crippen LogP contribution in [0, 0.1) is 0 Å². The summed E-state index contributed by atoms with van der Waals surface area (Å²) in [6.07, 6.45) is 5.34. The molecule has 0 bridgehead atoms. The van der Waals surface area contributed by atoms with Crippen LogP contribution in [-0.2, 0) is 0 Å². The zero-order valence-electron chi connectivity index (χ0n) is 18.1. The van der Waals surface area contributed by atoms with Crippen LogP contribution in [0.1, 0.15) is 16.7 Å². The average Bonchev–Trinajstić information content (AvgIpc) is 2.86. The maximum atomic E-state index is 5.79. The number of fused-ring (bicyclic) bond motifs is 1. The lowest BCUT2D eigenvalue weighted by Gasteiger charge is -2.01. The summed E-state index contributed by atoms with van der Waals surface area (Å²) >= 11 is 11.5. The Morgan fingerprint density at radius 2 is 1.16 bits per heavy atom. The van der Waals surface area contributed by atoms with Crippen molar-refractivity contribution in [1.82, 2.24) is 0 Å². The second kappa shape index (κ2) is 13.2. The van der Waals surface area contributed by atoms with Crippen LogP contribution >= 0.6 is 23.2 Å². The number of rotatable bonds is 4. The van der Waals surface area contributed by atoms with Crippen LogP contribution in [0.2, 0.25) is 10.0 Å². The van der Waals surface area contributed by atoms with Gasteiger partial charge in [-0.25, -0.2) is 0 Å². The van der Waals surface area contributed by atoms with Gasteiger partial charge in [-0.3, -0.25) is 0 Å². The van der Waals surface area contributed by atoms with E-state index in [0.29, 0.717) is 10.0 Å². The van der Waals surface area contributed by atoms with Gasteiger partial charge >= 0.3 is 0 Å². The molecule has 0 amide bonds. The third kappa shape index (κ3) is 6.88. The summed E-state index contributed by atoms with van der Waals surface area (Å²) < 4.78 is 5.06. The minimum absolute atomic E-state index is 0.569. The van der Waals surface area contributed by atoms with Crippen LogP contribution in [0.3, 0.4) is 0 Å². The first-order chi connectivity index (χ1) is 15.5. The molecule has 0 saturated carbocycles. The molecule has 162 valence electrons. The number of benzene rings is 4. The molecule has 0 spiro atoms. The monoisotopic (exact) mass is 460 g/mol. The van der Waals surface area contributed by atoms with E-state index in [0.717, 1.165) is 16.9 Å². The van der Waals surface area contributed by atoms with Gasteiger partial charge in [0.1, 0.15) is 5.75 Å². The van der Waals surface area contributed by atoms with Gasteiger partial charge in [0.2, 0.25) is 0 Å². The Labute approximate surface area is 200 Å². The molecular formula is C29H26Cl2O. The minimum Gasteiger partial charge on any atom is -0.496 e. The molecule has 0 aromatic heterocycles. The van der Waals surface area contributed by atoms with Crippen molar-refractivity contribution in [2.24, 2.45) is 0 Å². The summed E-state index contributed by atoms with van der Waals surface area (Å²) in [6, 6.07) is 27.8. The number of methoxy groups -OCH3 is 1. The van der Waals surface area contributed by atoms with Crippen LogP contribution in [0.15, 0.2) is 105 Å². The first-order valence-corrected chi connectivity index (χ1v) is 10.7. The van der Waals surface area contributed by atoms with Crippen molar-refractivity contribution in [2.75, 3.05) is 7.11 Å². The lowest BCUT2D eigenvalue weighted by molar-refractivity contribution is 0.414. The summed E-state index contributed by atoms with van der Waals surface area (Å²) in [5.41, 5.74) is 3.10. The van der Waals surface area contributed by atoms with Crippen LogP contribution in [0.4, 0.5) is 0 Å². The summed E-state index contributed by atoms with van der Waals surface area (Å²) in [4.78, 5) is 0. The van der Waals surface area contributed by atoms with Gasteiger partial charge in [-0.05, 0) is 34.0 Å². The van der Waals surface area contributed by atoms with Gasteiger partial charge in [-0.1, -0.05) is 134 Å². The smallest absolute Gasteiger partial charge is 0.126 e. The first kappa shape index (κ1) is 25.0. The number of para-hydroxylation sites is 1. The fraction of sp³-hybridized carbons (Fsp3) is 0.0345. The normalized spacial score (nSPS) is 9.47. The second-order valence-corrected chi connectivity index (χ2v) is 7.35. The van der Waals surface area contributed by atoms with Crippen molar-refractivity contribution in [1.29, 1.82) is 0 Å².